The summed E-state index contributed by atoms with van der Waals surface area (Å²) in [7, 11) is 1.88. The number of nitrogens with zero attached hydrogens (tertiary/aromatic N) is 1. The van der Waals surface area contributed by atoms with Crippen molar-refractivity contribution in [1.29, 1.82) is 0 Å². The Morgan fingerprint density at radius 1 is 1.29 bits per heavy atom. The van der Waals surface area contributed by atoms with E-state index in [1.165, 1.54) is 0 Å². The van der Waals surface area contributed by atoms with Gasteiger partial charge in [-0.2, -0.15) is 0 Å². The molecule has 1 N–H and O–H groups in total. The summed E-state index contributed by atoms with van der Waals surface area (Å²) in [5, 5.41) is 3.10. The summed E-state index contributed by atoms with van der Waals surface area (Å²) in [6.45, 7) is 1.89. The molecular weight excluding hydrogens is 176 g/mol. The van der Waals surface area contributed by atoms with Crippen LogP contribution in [0.25, 0.3) is 11.5 Å². The predicted octanol–water partition coefficient (Wildman–Crippen LogP) is 2.69. The summed E-state index contributed by atoms with van der Waals surface area (Å²) in [5.74, 6) is 1.48. The minimum Gasteiger partial charge on any atom is -0.441 e. The van der Waals surface area contributed by atoms with Crippen molar-refractivity contribution in [1.82, 2.24) is 4.98 Å². The van der Waals surface area contributed by atoms with Crippen LogP contribution in [0.3, 0.4) is 0 Å². The fourth-order valence-electron chi connectivity index (χ4n) is 1.37. The lowest BCUT2D eigenvalue weighted by Crippen LogP contribution is -1.90. The lowest BCUT2D eigenvalue weighted by atomic mass is 10.2. The van der Waals surface area contributed by atoms with E-state index in [0.29, 0.717) is 5.89 Å². The first-order chi connectivity index (χ1) is 6.81. The normalized spacial score (nSPS) is 10.1. The van der Waals surface area contributed by atoms with Gasteiger partial charge in [0.1, 0.15) is 5.76 Å². The highest BCUT2D eigenvalue weighted by Crippen LogP contribution is 2.26. The molecule has 0 amide bonds. The summed E-state index contributed by atoms with van der Waals surface area (Å²) in [5.41, 5.74) is 2.01. The third kappa shape index (κ3) is 1.48. The van der Waals surface area contributed by atoms with E-state index in [4.69, 9.17) is 4.42 Å². The third-order valence-electron chi connectivity index (χ3n) is 2.05. The average Bonchev–Trinajstić information content (AvgIpc) is 2.65. The van der Waals surface area contributed by atoms with E-state index in [1.54, 1.807) is 6.20 Å². The zero-order chi connectivity index (χ0) is 9.97. The number of benzene rings is 1. The molecule has 1 aromatic carbocycles. The predicted molar refractivity (Wildman–Crippen MR) is 56.2 cm³/mol. The molecule has 2 aromatic rings. The van der Waals surface area contributed by atoms with E-state index < -0.39 is 0 Å². The number of oxazole rings is 1. The molecule has 3 heteroatoms. The third-order valence-corrected chi connectivity index (χ3v) is 2.05. The maximum absolute atomic E-state index is 5.46. The van der Waals surface area contributed by atoms with Gasteiger partial charge in [-0.05, 0) is 19.1 Å². The molecule has 0 aliphatic rings. The first-order valence-corrected chi connectivity index (χ1v) is 4.51. The number of nitrogens with one attached hydrogen (secondary N) is 1. The molecule has 1 aromatic heterocycles. The Balaban J connectivity index is 2.50. The zero-order valence-corrected chi connectivity index (χ0v) is 8.24. The Hall–Kier alpha value is -1.77. The summed E-state index contributed by atoms with van der Waals surface area (Å²) in [4.78, 5) is 4.19. The number of hydrogen-bond acceptors (Lipinski definition) is 3. The second-order valence-electron chi connectivity index (χ2n) is 3.07. The molecule has 0 fully saturated rings. The van der Waals surface area contributed by atoms with Crippen molar-refractivity contribution in [3.8, 4) is 11.5 Å². The largest absolute Gasteiger partial charge is 0.441 e. The molecule has 14 heavy (non-hydrogen) atoms. The Morgan fingerprint density at radius 3 is 2.71 bits per heavy atom. The summed E-state index contributed by atoms with van der Waals surface area (Å²) in [6, 6.07) is 7.92. The minimum absolute atomic E-state index is 0.660. The van der Waals surface area contributed by atoms with Crippen LogP contribution in [0.1, 0.15) is 5.76 Å². The summed E-state index contributed by atoms with van der Waals surface area (Å²) >= 11 is 0. The van der Waals surface area contributed by atoms with Crippen molar-refractivity contribution in [2.75, 3.05) is 12.4 Å². The van der Waals surface area contributed by atoms with Gasteiger partial charge in [-0.15, -0.1) is 0 Å². The molecule has 0 radical (unpaired) electrons. The van der Waals surface area contributed by atoms with Gasteiger partial charge in [0.25, 0.3) is 0 Å². The van der Waals surface area contributed by atoms with Crippen LogP contribution in [0.2, 0.25) is 0 Å². The number of para-hydroxylation sites is 1. The highest BCUT2D eigenvalue weighted by molar-refractivity contribution is 5.72. The average molecular weight is 188 g/mol. The van der Waals surface area contributed by atoms with Gasteiger partial charge in [-0.3, -0.25) is 0 Å². The lowest BCUT2D eigenvalue weighted by molar-refractivity contribution is 0.543. The van der Waals surface area contributed by atoms with Crippen LogP contribution < -0.4 is 5.32 Å². The number of hydrogen-bond donors (Lipinski definition) is 1. The molecule has 3 nitrogen and oxygen atoms in total. The molecule has 0 spiro atoms. The van der Waals surface area contributed by atoms with Crippen molar-refractivity contribution in [3.05, 3.63) is 36.2 Å². The van der Waals surface area contributed by atoms with Gasteiger partial charge in [-0.1, -0.05) is 12.1 Å². The zero-order valence-electron chi connectivity index (χ0n) is 8.24. The van der Waals surface area contributed by atoms with E-state index in [9.17, 15) is 0 Å². The smallest absolute Gasteiger partial charge is 0.228 e. The van der Waals surface area contributed by atoms with Crippen molar-refractivity contribution in [3.63, 3.8) is 0 Å². The Labute approximate surface area is 82.8 Å². The quantitative estimate of drug-likeness (QED) is 0.787. The van der Waals surface area contributed by atoms with Crippen LogP contribution in [-0.2, 0) is 0 Å². The van der Waals surface area contributed by atoms with E-state index in [2.05, 4.69) is 10.3 Å². The molecule has 0 bridgehead atoms. The molecule has 0 saturated heterocycles. The van der Waals surface area contributed by atoms with Crippen LogP contribution >= 0.6 is 0 Å². The molecular formula is C11H12N2O. The molecule has 1 heterocycles. The maximum Gasteiger partial charge on any atom is 0.228 e. The molecule has 0 aliphatic heterocycles. The van der Waals surface area contributed by atoms with Gasteiger partial charge in [-0.25, -0.2) is 4.98 Å². The van der Waals surface area contributed by atoms with Crippen molar-refractivity contribution in [2.45, 2.75) is 6.92 Å². The van der Waals surface area contributed by atoms with Crippen molar-refractivity contribution >= 4 is 5.69 Å². The van der Waals surface area contributed by atoms with Crippen LogP contribution in [0.4, 0.5) is 5.69 Å². The van der Waals surface area contributed by atoms with Crippen LogP contribution in [0, 0.1) is 6.92 Å². The van der Waals surface area contributed by atoms with Crippen molar-refractivity contribution < 1.29 is 4.42 Å². The molecule has 0 unspecified atom stereocenters. The first kappa shape index (κ1) is 8.81. The molecule has 72 valence electrons. The standard InChI is InChI=1S/C11H12N2O/c1-8-7-13-11(14-8)9-5-3-4-6-10(9)12-2/h3-7,12H,1-2H3. The van der Waals surface area contributed by atoms with Gasteiger partial charge < -0.3 is 9.73 Å². The van der Waals surface area contributed by atoms with Crippen LogP contribution in [-0.4, -0.2) is 12.0 Å². The molecule has 0 aliphatic carbocycles. The van der Waals surface area contributed by atoms with Crippen LogP contribution in [0.5, 0.6) is 0 Å². The van der Waals surface area contributed by atoms with E-state index in [0.717, 1.165) is 17.0 Å². The fraction of sp³-hybridized carbons (Fsp3) is 0.182. The second-order valence-corrected chi connectivity index (χ2v) is 3.07. The van der Waals surface area contributed by atoms with E-state index >= 15 is 0 Å². The number of rotatable bonds is 2. The number of aromatic nitrogens is 1. The van der Waals surface area contributed by atoms with Gasteiger partial charge >= 0.3 is 0 Å². The van der Waals surface area contributed by atoms with E-state index in [1.807, 2.05) is 38.2 Å². The number of aryl methyl sites for hydroxylation is 1. The Morgan fingerprint density at radius 2 is 2.07 bits per heavy atom. The van der Waals surface area contributed by atoms with Gasteiger partial charge in [0, 0.05) is 12.7 Å². The SMILES string of the molecule is CNc1ccccc1-c1ncc(C)o1. The summed E-state index contributed by atoms with van der Waals surface area (Å²) < 4.78 is 5.46. The first-order valence-electron chi connectivity index (χ1n) is 4.51. The van der Waals surface area contributed by atoms with Crippen LogP contribution in [0.15, 0.2) is 34.9 Å². The van der Waals surface area contributed by atoms with Gasteiger partial charge in [0.05, 0.1) is 11.8 Å². The van der Waals surface area contributed by atoms with Gasteiger partial charge in [0.2, 0.25) is 5.89 Å². The topological polar surface area (TPSA) is 38.1 Å². The molecule has 2 rings (SSSR count). The Bertz CT molecular complexity index is 434. The fourth-order valence-corrected chi connectivity index (χ4v) is 1.37. The minimum atomic E-state index is 0.660. The van der Waals surface area contributed by atoms with E-state index in [-0.39, 0.29) is 0 Å². The van der Waals surface area contributed by atoms with Crippen molar-refractivity contribution in [2.24, 2.45) is 0 Å². The second kappa shape index (κ2) is 3.54. The molecule has 0 saturated carbocycles. The summed E-state index contributed by atoms with van der Waals surface area (Å²) in [6.07, 6.45) is 1.72. The highest BCUT2D eigenvalue weighted by Gasteiger charge is 2.07. The Kier molecular flexibility index (Phi) is 2.23. The number of anilines is 1. The lowest BCUT2D eigenvalue weighted by Gasteiger charge is -2.04. The highest BCUT2D eigenvalue weighted by atomic mass is 16.4. The monoisotopic (exact) mass is 188 g/mol. The molecule has 0 atom stereocenters. The van der Waals surface area contributed by atoms with Gasteiger partial charge in [0.15, 0.2) is 0 Å². The maximum atomic E-state index is 5.46.